The predicted molar refractivity (Wildman–Crippen MR) is 420 cm³/mol. The third kappa shape index (κ3) is 19.9. The van der Waals surface area contributed by atoms with Gasteiger partial charge >= 0.3 is 17.9 Å². The van der Waals surface area contributed by atoms with E-state index < -0.39 is 53.0 Å². The van der Waals surface area contributed by atoms with Gasteiger partial charge in [-0.1, -0.05) is 71.2 Å². The van der Waals surface area contributed by atoms with Crippen LogP contribution in [0.5, 0.6) is 0 Å². The smallest absolute Gasteiger partial charge is 0.339 e. The maximum atomic E-state index is 13.0. The lowest BCUT2D eigenvalue weighted by atomic mass is 9.91. The summed E-state index contributed by atoms with van der Waals surface area (Å²) in [5, 5.41) is 15.1. The molecule has 2 N–H and O–H groups in total. The minimum absolute atomic E-state index is 0. The molecule has 0 saturated heterocycles. The van der Waals surface area contributed by atoms with Crippen molar-refractivity contribution in [1.82, 2.24) is 38.9 Å². The summed E-state index contributed by atoms with van der Waals surface area (Å²) in [6.07, 6.45) is -2.98. The van der Waals surface area contributed by atoms with Crippen LogP contribution in [0.4, 0.5) is 0 Å². The van der Waals surface area contributed by atoms with E-state index in [0.717, 1.165) is 138 Å². The Morgan fingerprint density at radius 2 is 0.768 bits per heavy atom. The molecule has 23 heteroatoms. The molecule has 0 bridgehead atoms. The molecule has 0 aliphatic heterocycles. The van der Waals surface area contributed by atoms with Gasteiger partial charge in [-0.2, -0.15) is 40.5 Å². The third-order valence-corrected chi connectivity index (χ3v) is 17.6. The van der Waals surface area contributed by atoms with Gasteiger partial charge in [0, 0.05) is 125 Å². The van der Waals surface area contributed by atoms with Crippen LogP contribution >= 0.6 is 75.3 Å². The molecule has 3 atom stereocenters. The highest BCUT2D eigenvalue weighted by Crippen LogP contribution is 2.46. The monoisotopic (exact) mass is 1470 g/mol. The minimum Gasteiger partial charge on any atom is -0.479 e. The number of ether oxygens (including phenoxy) is 5. The number of pyridine rings is 3. The second kappa shape index (κ2) is 34.7. The maximum absolute atomic E-state index is 13.0. The lowest BCUT2D eigenvalue weighted by molar-refractivity contribution is -0.164. The number of H-pyrrole nitrogens is 1. The number of aliphatic carboxylic acids is 1. The predicted octanol–water partition coefficient (Wildman–Crippen LogP) is 17.8. The van der Waals surface area contributed by atoms with Crippen LogP contribution in [-0.2, 0) is 51.2 Å². The van der Waals surface area contributed by atoms with Gasteiger partial charge in [0.25, 0.3) is 0 Å². The van der Waals surface area contributed by atoms with Gasteiger partial charge in [0.05, 0.1) is 31.0 Å². The molecule has 9 rings (SSSR count). The zero-order valence-corrected chi connectivity index (χ0v) is 67.2. The van der Waals surface area contributed by atoms with Gasteiger partial charge in [-0.25, -0.2) is 29.3 Å². The summed E-state index contributed by atoms with van der Waals surface area (Å²) in [6.45, 7) is 38.6. The normalized spacial score (nSPS) is 12.7. The van der Waals surface area contributed by atoms with Gasteiger partial charge in [0.1, 0.15) is 16.9 Å². The number of rotatable bonds is 18. The molecular weight excluding hydrogens is 1370 g/mol. The van der Waals surface area contributed by atoms with Crippen LogP contribution in [0.25, 0.3) is 66.5 Å². The average molecular weight is 1480 g/mol. The summed E-state index contributed by atoms with van der Waals surface area (Å²) in [7, 11) is 11.0. The topological polar surface area (TPSA) is 188 Å². The number of nitrogens with one attached hydrogen (secondary N) is 1. The van der Waals surface area contributed by atoms with Crippen LogP contribution < -0.4 is 0 Å². The van der Waals surface area contributed by atoms with Gasteiger partial charge in [-0.05, 0) is 223 Å². The second-order valence-electron chi connectivity index (χ2n) is 28.0. The van der Waals surface area contributed by atoms with E-state index in [1.165, 1.54) is 14.2 Å². The van der Waals surface area contributed by atoms with E-state index in [2.05, 4.69) is 65.7 Å². The van der Waals surface area contributed by atoms with E-state index in [9.17, 15) is 19.5 Å². The molecule has 0 fully saturated rings. The standard InChI is InChI=1S/C27H36ClN3O3.C26H34ClN3O3.C23H27ClN2O3.3H2S/c1-16-18(3)31(15-14-30(7)8)25-21(16)23(19-10-12-20(28)13-11-19)22(17(2)29-25)24(26(32)33-9)34-27(4,5)6;1-15-17(3)30(14-13-29(7)8)24-20(15)22(18-9-11-19(27)12-10-18)21(16(2)28-24)23(25(31)32)33-26(4,5)6;1-12-13(2)25-21-17(12)19(15-8-10-16(24)11-9-15)18(14(3)26-21)20(22(27)28-7)29-23(4,5)6;;;/h10-13,24H,14-15H2,1-9H3;9-12,23H,13-14H2,1-8H3,(H,31,32);8-11,20H,1-7H3,(H,25,26);3*1H2/t24-;23-;20-;;;/m000.../s1. The van der Waals surface area contributed by atoms with Gasteiger partial charge in [-0.15, -0.1) is 0 Å². The van der Waals surface area contributed by atoms with Crippen molar-refractivity contribution in [2.24, 2.45) is 0 Å². The molecule has 6 heterocycles. The number of carbonyl (C=O) groups excluding carboxylic acids is 2. The largest absolute Gasteiger partial charge is 0.479 e. The lowest BCUT2D eigenvalue weighted by Gasteiger charge is -2.29. The molecule has 3 aromatic carbocycles. The third-order valence-electron chi connectivity index (χ3n) is 16.8. The van der Waals surface area contributed by atoms with Gasteiger partial charge in [-0.3, -0.25) is 0 Å². The fraction of sp³-hybridized carbons (Fsp3) is 0.447. The van der Waals surface area contributed by atoms with Crippen molar-refractivity contribution in [3.8, 4) is 33.4 Å². The molecule has 9 aromatic rings. The first kappa shape index (κ1) is 85.3. The van der Waals surface area contributed by atoms with E-state index in [0.29, 0.717) is 37.6 Å². The Hall–Kier alpha value is -6.14. The van der Waals surface area contributed by atoms with Crippen molar-refractivity contribution in [2.75, 3.05) is 55.5 Å². The molecule has 17 nitrogen and oxygen atoms in total. The minimum atomic E-state index is -1.16. The Kier molecular flexibility index (Phi) is 29.9. The van der Waals surface area contributed by atoms with Gasteiger partial charge in [0.2, 0.25) is 0 Å². The van der Waals surface area contributed by atoms with Crippen LogP contribution in [0.15, 0.2) is 72.8 Å². The fourth-order valence-electron chi connectivity index (χ4n) is 12.0. The number of aromatic nitrogens is 6. The quantitative estimate of drug-likeness (QED) is 0.0772. The van der Waals surface area contributed by atoms with E-state index in [4.69, 9.17) is 73.4 Å². The number of methoxy groups -OCH3 is 2. The summed E-state index contributed by atoms with van der Waals surface area (Å²) >= 11 is 18.5. The number of carboxylic acid groups (broad SMARTS) is 1. The van der Waals surface area contributed by atoms with E-state index in [1.54, 1.807) is 0 Å². The number of fused-ring (bicyclic) bond motifs is 3. The maximum Gasteiger partial charge on any atom is 0.339 e. The highest BCUT2D eigenvalue weighted by atomic mass is 35.5. The van der Waals surface area contributed by atoms with Crippen LogP contribution in [-0.4, -0.2) is 134 Å². The molecule has 540 valence electrons. The van der Waals surface area contributed by atoms with Crippen molar-refractivity contribution in [3.63, 3.8) is 0 Å². The number of carboxylic acids is 1. The van der Waals surface area contributed by atoms with Crippen LogP contribution in [0.2, 0.25) is 15.1 Å². The first-order valence-corrected chi connectivity index (χ1v) is 33.3. The SMILES string of the molecule is COC(=O)[C@@H](OC(C)(C)C)c1c(C)nc2[nH]c(C)c(C)c2c1-c1ccc(Cl)cc1.COC(=O)[C@@H](OC(C)(C)C)c1c(C)nc2c(c(C)c(C)n2CCN(C)C)c1-c1ccc(Cl)cc1.Cc1nc2c(c(C)c(C)n2CCN(C)C)c(-c2ccc(Cl)cc2)c1[C@H](OC(C)(C)C)C(=O)O.S.S.S. The number of aryl methyl sites for hydroxylation is 7. The summed E-state index contributed by atoms with van der Waals surface area (Å²) in [6, 6.07) is 22.8. The lowest BCUT2D eigenvalue weighted by Crippen LogP contribution is -2.29. The van der Waals surface area contributed by atoms with Crippen LogP contribution in [0.3, 0.4) is 0 Å². The van der Waals surface area contributed by atoms with Crippen LogP contribution in [0, 0.1) is 62.3 Å². The van der Waals surface area contributed by atoms with Crippen molar-refractivity contribution in [3.05, 3.63) is 155 Å². The van der Waals surface area contributed by atoms with E-state index in [1.807, 2.05) is 184 Å². The number of esters is 2. The van der Waals surface area contributed by atoms with Crippen molar-refractivity contribution in [1.29, 1.82) is 0 Å². The summed E-state index contributed by atoms with van der Waals surface area (Å²) in [5.41, 5.74) is 17.0. The average Bonchev–Trinajstić information content (AvgIpc) is 1.65. The van der Waals surface area contributed by atoms with Gasteiger partial charge in [0.15, 0.2) is 18.3 Å². The fourth-order valence-corrected chi connectivity index (χ4v) is 12.4. The molecule has 0 saturated carbocycles. The summed E-state index contributed by atoms with van der Waals surface area (Å²) in [5.74, 6) is -1.94. The number of benzene rings is 3. The summed E-state index contributed by atoms with van der Waals surface area (Å²) < 4.78 is 33.3. The first-order chi connectivity index (χ1) is 44.7. The number of carbonyl (C=O) groups is 3. The molecule has 0 aliphatic rings. The number of likely N-dealkylation sites (N-methyl/N-ethyl adjacent to an activating group) is 2. The van der Waals surface area contributed by atoms with E-state index >= 15 is 0 Å². The molecular formula is C76H103Cl3N8O9S3. The summed E-state index contributed by atoms with van der Waals surface area (Å²) in [4.78, 5) is 60.7. The molecule has 0 spiro atoms. The molecule has 0 radical (unpaired) electrons. The Balaban J connectivity index is 0.000000312. The molecule has 0 unspecified atom stereocenters. The Labute approximate surface area is 621 Å². The molecule has 6 aromatic heterocycles. The Morgan fingerprint density at radius 3 is 1.06 bits per heavy atom. The zero-order valence-electron chi connectivity index (χ0n) is 62.0. The Bertz CT molecular complexity index is 4320. The number of nitrogens with zero attached hydrogens (tertiary/aromatic N) is 7. The molecule has 99 heavy (non-hydrogen) atoms. The van der Waals surface area contributed by atoms with Crippen molar-refractivity contribution >= 4 is 126 Å². The number of aromatic amines is 1. The Morgan fingerprint density at radius 1 is 0.475 bits per heavy atom. The number of halogens is 3. The highest BCUT2D eigenvalue weighted by molar-refractivity contribution is 7.59. The first-order valence-electron chi connectivity index (χ1n) is 32.2. The van der Waals surface area contributed by atoms with E-state index in [-0.39, 0.29) is 40.5 Å². The highest BCUT2D eigenvalue weighted by Gasteiger charge is 2.38. The zero-order chi connectivity index (χ0) is 71.5. The van der Waals surface area contributed by atoms with Gasteiger partial charge < -0.3 is 52.7 Å². The van der Waals surface area contributed by atoms with Crippen molar-refractivity contribution < 1.29 is 43.2 Å². The number of hydrogen-bond acceptors (Lipinski definition) is 13. The number of hydrogen-bond donors (Lipinski definition) is 2. The van der Waals surface area contributed by atoms with Crippen molar-refractivity contribution in [2.45, 2.75) is 173 Å². The molecule has 0 aliphatic carbocycles. The second-order valence-corrected chi connectivity index (χ2v) is 29.3. The van der Waals surface area contributed by atoms with Crippen LogP contribution in [0.1, 0.15) is 148 Å². The molecule has 0 amide bonds.